The molecular weight excluding hydrogens is 302 g/mol. The van der Waals surface area contributed by atoms with Gasteiger partial charge in [-0.05, 0) is 25.0 Å². The van der Waals surface area contributed by atoms with Crippen LogP contribution in [0.15, 0.2) is 41.0 Å². The lowest BCUT2D eigenvalue weighted by atomic mass is 9.93. The largest absolute Gasteiger partial charge is 0.444 e. The van der Waals surface area contributed by atoms with Gasteiger partial charge in [-0.25, -0.2) is 4.98 Å². The van der Waals surface area contributed by atoms with Gasteiger partial charge in [-0.3, -0.25) is 4.79 Å². The fraction of sp³-hybridized carbons (Fsp3) is 0.375. The van der Waals surface area contributed by atoms with Gasteiger partial charge in [-0.1, -0.05) is 32.0 Å². The number of hydrogen-bond donors (Lipinski definition) is 2. The highest BCUT2D eigenvalue weighted by Crippen LogP contribution is 2.19. The molecule has 1 amide bonds. The number of halogens is 1. The number of benzene rings is 1. The predicted octanol–water partition coefficient (Wildman–Crippen LogP) is 3.01. The summed E-state index contributed by atoms with van der Waals surface area (Å²) in [5.74, 6) is 0.183. The second-order valence-electron chi connectivity index (χ2n) is 5.05. The molecule has 1 aromatic heterocycles. The first-order valence-corrected chi connectivity index (χ1v) is 7.17. The van der Waals surface area contributed by atoms with E-state index in [1.54, 1.807) is 0 Å². The van der Waals surface area contributed by atoms with Gasteiger partial charge in [0.05, 0.1) is 5.54 Å². The Labute approximate surface area is 136 Å². The van der Waals surface area contributed by atoms with Crippen LogP contribution in [-0.2, 0) is 0 Å². The molecule has 0 aliphatic carbocycles. The molecule has 120 valence electrons. The Bertz CT molecular complexity index is 586. The normalized spacial score (nSPS) is 10.9. The minimum absolute atomic E-state index is 0. The first-order chi connectivity index (χ1) is 10.1. The first kappa shape index (κ1) is 18.2. The molecule has 0 aliphatic rings. The highest BCUT2D eigenvalue weighted by molar-refractivity contribution is 5.93. The van der Waals surface area contributed by atoms with E-state index in [4.69, 9.17) is 10.2 Å². The second kappa shape index (κ2) is 7.96. The zero-order chi connectivity index (χ0) is 15.3. The van der Waals surface area contributed by atoms with E-state index in [2.05, 4.69) is 10.3 Å². The summed E-state index contributed by atoms with van der Waals surface area (Å²) in [6, 6.07) is 9.48. The predicted molar refractivity (Wildman–Crippen MR) is 89.0 cm³/mol. The molecule has 0 bridgehead atoms. The van der Waals surface area contributed by atoms with Gasteiger partial charge in [0.1, 0.15) is 6.26 Å². The molecule has 1 heterocycles. The number of nitrogens with one attached hydrogen (secondary N) is 1. The van der Waals surface area contributed by atoms with E-state index in [9.17, 15) is 4.79 Å². The number of nitrogens with zero attached hydrogens (tertiary/aromatic N) is 1. The molecule has 22 heavy (non-hydrogen) atoms. The highest BCUT2D eigenvalue weighted by Gasteiger charge is 2.28. The van der Waals surface area contributed by atoms with Crippen LogP contribution in [0.5, 0.6) is 0 Å². The molecule has 0 saturated carbocycles. The lowest BCUT2D eigenvalue weighted by Gasteiger charge is -2.30. The van der Waals surface area contributed by atoms with Crippen LogP contribution < -0.4 is 11.1 Å². The number of amides is 1. The maximum absolute atomic E-state index is 12.3. The summed E-state index contributed by atoms with van der Waals surface area (Å²) >= 11 is 0. The van der Waals surface area contributed by atoms with Crippen molar-refractivity contribution >= 4 is 18.3 Å². The molecule has 6 heteroatoms. The van der Waals surface area contributed by atoms with Crippen LogP contribution in [0, 0.1) is 0 Å². The first-order valence-electron chi connectivity index (χ1n) is 7.17. The third-order valence-electron chi connectivity index (χ3n) is 3.88. The van der Waals surface area contributed by atoms with Crippen molar-refractivity contribution < 1.29 is 9.21 Å². The van der Waals surface area contributed by atoms with Crippen molar-refractivity contribution in [3.63, 3.8) is 0 Å². The van der Waals surface area contributed by atoms with Gasteiger partial charge in [-0.15, -0.1) is 12.4 Å². The summed E-state index contributed by atoms with van der Waals surface area (Å²) in [5.41, 5.74) is 6.52. The van der Waals surface area contributed by atoms with Crippen LogP contribution in [0.2, 0.25) is 0 Å². The van der Waals surface area contributed by atoms with Crippen molar-refractivity contribution in [1.82, 2.24) is 10.3 Å². The Hall–Kier alpha value is -1.85. The molecule has 5 nitrogen and oxygen atoms in total. The zero-order valence-corrected chi connectivity index (χ0v) is 13.7. The summed E-state index contributed by atoms with van der Waals surface area (Å²) in [6.45, 7) is 4.42. The molecule has 0 unspecified atom stereocenters. The van der Waals surface area contributed by atoms with Crippen molar-refractivity contribution in [1.29, 1.82) is 0 Å². The Morgan fingerprint density at radius 3 is 2.45 bits per heavy atom. The number of carbonyl (C=O) groups is 1. The fourth-order valence-electron chi connectivity index (χ4n) is 2.16. The van der Waals surface area contributed by atoms with Crippen LogP contribution in [0.1, 0.15) is 37.2 Å². The second-order valence-corrected chi connectivity index (χ2v) is 5.05. The Morgan fingerprint density at radius 2 is 1.91 bits per heavy atom. The van der Waals surface area contributed by atoms with Crippen molar-refractivity contribution in [2.75, 3.05) is 6.54 Å². The van der Waals surface area contributed by atoms with E-state index < -0.39 is 0 Å². The standard InChI is InChI=1S/C16H21N3O2.ClH/c1-3-16(4-2,11-17)19-14(20)13-10-21-15(18-13)12-8-6-5-7-9-12;/h5-10H,3-4,11,17H2,1-2H3,(H,19,20);1H. The number of aromatic nitrogens is 1. The summed E-state index contributed by atoms with van der Waals surface area (Å²) in [4.78, 5) is 16.5. The van der Waals surface area contributed by atoms with Crippen LogP contribution in [0.25, 0.3) is 11.5 Å². The average molecular weight is 324 g/mol. The zero-order valence-electron chi connectivity index (χ0n) is 12.8. The van der Waals surface area contributed by atoms with E-state index in [0.29, 0.717) is 12.4 Å². The number of rotatable bonds is 6. The summed E-state index contributed by atoms with van der Waals surface area (Å²) in [7, 11) is 0. The Morgan fingerprint density at radius 1 is 1.27 bits per heavy atom. The molecule has 1 aromatic carbocycles. The number of oxazole rings is 1. The van der Waals surface area contributed by atoms with Crippen molar-refractivity contribution in [3.8, 4) is 11.5 Å². The molecule has 0 spiro atoms. The molecule has 0 radical (unpaired) electrons. The van der Waals surface area contributed by atoms with E-state index in [0.717, 1.165) is 18.4 Å². The van der Waals surface area contributed by atoms with Gasteiger partial charge in [0.2, 0.25) is 5.89 Å². The topological polar surface area (TPSA) is 81.1 Å². The van der Waals surface area contributed by atoms with E-state index in [1.807, 2.05) is 44.2 Å². The van der Waals surface area contributed by atoms with E-state index in [-0.39, 0.29) is 29.5 Å². The van der Waals surface area contributed by atoms with Crippen LogP contribution in [-0.4, -0.2) is 23.0 Å². The molecule has 0 atom stereocenters. The van der Waals surface area contributed by atoms with Gasteiger partial charge in [0, 0.05) is 12.1 Å². The van der Waals surface area contributed by atoms with Gasteiger partial charge < -0.3 is 15.5 Å². The fourth-order valence-corrected chi connectivity index (χ4v) is 2.16. The van der Waals surface area contributed by atoms with Crippen molar-refractivity contribution in [2.45, 2.75) is 32.2 Å². The molecule has 0 fully saturated rings. The van der Waals surface area contributed by atoms with Crippen molar-refractivity contribution in [3.05, 3.63) is 42.3 Å². The third kappa shape index (κ3) is 3.87. The third-order valence-corrected chi connectivity index (χ3v) is 3.88. The van der Waals surface area contributed by atoms with E-state index in [1.165, 1.54) is 6.26 Å². The maximum Gasteiger partial charge on any atom is 0.273 e. The minimum atomic E-state index is -0.386. The summed E-state index contributed by atoms with van der Waals surface area (Å²) in [5, 5.41) is 2.97. The van der Waals surface area contributed by atoms with Crippen molar-refractivity contribution in [2.24, 2.45) is 5.73 Å². The van der Waals surface area contributed by atoms with Gasteiger partial charge in [0.25, 0.3) is 5.91 Å². The van der Waals surface area contributed by atoms with Crippen LogP contribution >= 0.6 is 12.4 Å². The number of carbonyl (C=O) groups excluding carboxylic acids is 1. The molecule has 0 saturated heterocycles. The lowest BCUT2D eigenvalue weighted by Crippen LogP contribution is -2.52. The van der Waals surface area contributed by atoms with Gasteiger partial charge >= 0.3 is 0 Å². The molecule has 3 N–H and O–H groups in total. The smallest absolute Gasteiger partial charge is 0.273 e. The van der Waals surface area contributed by atoms with Gasteiger partial charge in [-0.2, -0.15) is 0 Å². The van der Waals surface area contributed by atoms with Crippen LogP contribution in [0.4, 0.5) is 0 Å². The summed E-state index contributed by atoms with van der Waals surface area (Å²) < 4.78 is 5.38. The van der Waals surface area contributed by atoms with E-state index >= 15 is 0 Å². The minimum Gasteiger partial charge on any atom is -0.444 e. The SMILES string of the molecule is CCC(CC)(CN)NC(=O)c1coc(-c2ccccc2)n1.Cl. The Kier molecular flexibility index (Phi) is 6.59. The maximum atomic E-state index is 12.3. The molecular formula is C16H22ClN3O2. The number of hydrogen-bond acceptors (Lipinski definition) is 4. The Balaban J connectivity index is 0.00000242. The highest BCUT2D eigenvalue weighted by atomic mass is 35.5. The summed E-state index contributed by atoms with van der Waals surface area (Å²) in [6.07, 6.45) is 2.93. The quantitative estimate of drug-likeness (QED) is 0.856. The lowest BCUT2D eigenvalue weighted by molar-refractivity contribution is 0.0890. The van der Waals surface area contributed by atoms with Crippen LogP contribution in [0.3, 0.4) is 0 Å². The molecule has 2 aromatic rings. The average Bonchev–Trinajstić information content (AvgIpc) is 3.04. The number of nitrogens with two attached hydrogens (primary N) is 1. The van der Waals surface area contributed by atoms with Gasteiger partial charge in [0.15, 0.2) is 5.69 Å². The molecule has 2 rings (SSSR count). The molecule has 0 aliphatic heterocycles. The monoisotopic (exact) mass is 323 g/mol.